The number of nitrogens with zero attached hydrogens (tertiary/aromatic N) is 1. The van der Waals surface area contributed by atoms with Crippen molar-refractivity contribution in [3.63, 3.8) is 0 Å². The van der Waals surface area contributed by atoms with E-state index in [-0.39, 0.29) is 5.91 Å². The number of carbonyl (C=O) groups excluding carboxylic acids is 1. The average molecular weight is 260 g/mol. The fraction of sp³-hybridized carbons (Fsp3) is 0.562. The first-order chi connectivity index (χ1) is 9.22. The molecule has 1 aliphatic heterocycles. The van der Waals surface area contributed by atoms with E-state index in [0.29, 0.717) is 0 Å². The zero-order chi connectivity index (χ0) is 13.7. The molecule has 0 unspecified atom stereocenters. The second kappa shape index (κ2) is 6.71. The normalized spacial score (nSPS) is 16.6. The third-order valence-electron chi connectivity index (χ3n) is 3.96. The summed E-state index contributed by atoms with van der Waals surface area (Å²) in [5, 5.41) is 3.40. The van der Waals surface area contributed by atoms with Crippen LogP contribution in [0.1, 0.15) is 35.7 Å². The topological polar surface area (TPSA) is 32.3 Å². The third-order valence-corrected chi connectivity index (χ3v) is 3.96. The van der Waals surface area contributed by atoms with E-state index in [0.717, 1.165) is 56.1 Å². The molecule has 1 amide bonds. The van der Waals surface area contributed by atoms with Crippen molar-refractivity contribution in [2.75, 3.05) is 26.2 Å². The van der Waals surface area contributed by atoms with Crippen molar-refractivity contribution in [1.29, 1.82) is 0 Å². The van der Waals surface area contributed by atoms with E-state index in [4.69, 9.17) is 0 Å². The summed E-state index contributed by atoms with van der Waals surface area (Å²) >= 11 is 0. The summed E-state index contributed by atoms with van der Waals surface area (Å²) < 4.78 is 0. The lowest BCUT2D eigenvalue weighted by Crippen LogP contribution is -2.41. The van der Waals surface area contributed by atoms with Gasteiger partial charge in [0.1, 0.15) is 0 Å². The molecule has 0 aliphatic carbocycles. The molecule has 19 heavy (non-hydrogen) atoms. The predicted molar refractivity (Wildman–Crippen MR) is 78.4 cm³/mol. The molecule has 1 aromatic rings. The van der Waals surface area contributed by atoms with Gasteiger partial charge in [0.15, 0.2) is 0 Å². The van der Waals surface area contributed by atoms with E-state index in [2.05, 4.69) is 12.2 Å². The first kappa shape index (κ1) is 14.1. The van der Waals surface area contributed by atoms with Crippen LogP contribution in [0, 0.1) is 12.8 Å². The summed E-state index contributed by atoms with van der Waals surface area (Å²) in [6.07, 6.45) is 2.23. The maximum atomic E-state index is 12.5. The molecule has 1 heterocycles. The van der Waals surface area contributed by atoms with Crippen LogP contribution < -0.4 is 5.32 Å². The third kappa shape index (κ3) is 3.57. The average Bonchev–Trinajstić information content (AvgIpc) is 2.45. The Morgan fingerprint density at radius 2 is 2.00 bits per heavy atom. The number of hydrogen-bond donors (Lipinski definition) is 1. The molecule has 0 radical (unpaired) electrons. The van der Waals surface area contributed by atoms with Crippen molar-refractivity contribution in [2.45, 2.75) is 26.7 Å². The minimum Gasteiger partial charge on any atom is -0.339 e. The van der Waals surface area contributed by atoms with E-state index in [1.54, 1.807) is 0 Å². The zero-order valence-electron chi connectivity index (χ0n) is 12.0. The van der Waals surface area contributed by atoms with Crippen molar-refractivity contribution in [1.82, 2.24) is 10.2 Å². The van der Waals surface area contributed by atoms with Crippen LogP contribution in [-0.4, -0.2) is 37.0 Å². The van der Waals surface area contributed by atoms with Crippen molar-refractivity contribution in [3.05, 3.63) is 35.4 Å². The lowest BCUT2D eigenvalue weighted by atomic mass is 9.96. The Hall–Kier alpha value is -1.35. The fourth-order valence-corrected chi connectivity index (χ4v) is 2.67. The smallest absolute Gasteiger partial charge is 0.254 e. The predicted octanol–water partition coefficient (Wildman–Crippen LogP) is 2.46. The number of benzene rings is 1. The van der Waals surface area contributed by atoms with Crippen LogP contribution in [0.5, 0.6) is 0 Å². The molecule has 104 valence electrons. The highest BCUT2D eigenvalue weighted by molar-refractivity contribution is 5.95. The molecule has 0 bridgehead atoms. The molecule has 1 aliphatic rings. The van der Waals surface area contributed by atoms with Gasteiger partial charge in [-0.2, -0.15) is 0 Å². The van der Waals surface area contributed by atoms with Crippen LogP contribution in [0.3, 0.4) is 0 Å². The Morgan fingerprint density at radius 3 is 2.63 bits per heavy atom. The molecule has 1 aromatic carbocycles. The molecule has 0 spiro atoms. The maximum absolute atomic E-state index is 12.5. The van der Waals surface area contributed by atoms with E-state index < -0.39 is 0 Å². The van der Waals surface area contributed by atoms with Gasteiger partial charge >= 0.3 is 0 Å². The van der Waals surface area contributed by atoms with Crippen LogP contribution in [0.15, 0.2) is 24.3 Å². The van der Waals surface area contributed by atoms with Crippen LogP contribution in [0.25, 0.3) is 0 Å². The number of rotatable bonds is 4. The highest BCUT2D eigenvalue weighted by atomic mass is 16.2. The monoisotopic (exact) mass is 260 g/mol. The first-order valence-corrected chi connectivity index (χ1v) is 7.28. The Labute approximate surface area is 116 Å². The number of likely N-dealkylation sites (tertiary alicyclic amines) is 1. The summed E-state index contributed by atoms with van der Waals surface area (Å²) in [6.45, 7) is 8.04. The molecule has 1 N–H and O–H groups in total. The zero-order valence-corrected chi connectivity index (χ0v) is 12.0. The van der Waals surface area contributed by atoms with E-state index >= 15 is 0 Å². The lowest BCUT2D eigenvalue weighted by molar-refractivity contribution is 0.0689. The molecule has 1 saturated heterocycles. The van der Waals surface area contributed by atoms with Gasteiger partial charge < -0.3 is 10.2 Å². The van der Waals surface area contributed by atoms with Gasteiger partial charge in [0.05, 0.1) is 0 Å². The molecular weight excluding hydrogens is 236 g/mol. The van der Waals surface area contributed by atoms with Crippen LogP contribution in [0.2, 0.25) is 0 Å². The second-order valence-corrected chi connectivity index (χ2v) is 5.36. The van der Waals surface area contributed by atoms with Gasteiger partial charge in [0, 0.05) is 18.7 Å². The minimum atomic E-state index is 0.194. The highest BCUT2D eigenvalue weighted by Crippen LogP contribution is 2.19. The van der Waals surface area contributed by atoms with Crippen LogP contribution in [0.4, 0.5) is 0 Å². The number of amides is 1. The number of hydrogen-bond acceptors (Lipinski definition) is 2. The number of nitrogens with one attached hydrogen (secondary N) is 1. The minimum absolute atomic E-state index is 0.194. The molecule has 2 rings (SSSR count). The van der Waals surface area contributed by atoms with Gasteiger partial charge in [0.25, 0.3) is 5.91 Å². The molecular formula is C16H24N2O. The number of aryl methyl sites for hydroxylation is 1. The van der Waals surface area contributed by atoms with Gasteiger partial charge in [-0.25, -0.2) is 0 Å². The van der Waals surface area contributed by atoms with Gasteiger partial charge in [-0.15, -0.1) is 0 Å². The largest absolute Gasteiger partial charge is 0.339 e. The molecule has 0 aromatic heterocycles. The highest BCUT2D eigenvalue weighted by Gasteiger charge is 2.23. The molecule has 3 heteroatoms. The Balaban J connectivity index is 1.91. The fourth-order valence-electron chi connectivity index (χ4n) is 2.67. The van der Waals surface area contributed by atoms with Crippen molar-refractivity contribution in [3.8, 4) is 0 Å². The van der Waals surface area contributed by atoms with Crippen molar-refractivity contribution in [2.24, 2.45) is 5.92 Å². The van der Waals surface area contributed by atoms with Crippen molar-refractivity contribution < 1.29 is 4.79 Å². The van der Waals surface area contributed by atoms with E-state index in [9.17, 15) is 4.79 Å². The molecule has 0 atom stereocenters. The van der Waals surface area contributed by atoms with E-state index in [1.165, 1.54) is 0 Å². The standard InChI is InChI=1S/C16H24N2O/c1-3-17-12-14-8-10-18(11-9-14)16(19)15-7-5-4-6-13(15)2/h4-7,14,17H,3,8-12H2,1-2H3. The summed E-state index contributed by atoms with van der Waals surface area (Å²) in [5.41, 5.74) is 1.93. The Morgan fingerprint density at radius 1 is 1.32 bits per heavy atom. The summed E-state index contributed by atoms with van der Waals surface area (Å²) in [4.78, 5) is 14.5. The first-order valence-electron chi connectivity index (χ1n) is 7.28. The molecule has 3 nitrogen and oxygen atoms in total. The second-order valence-electron chi connectivity index (χ2n) is 5.36. The van der Waals surface area contributed by atoms with Crippen LogP contribution in [-0.2, 0) is 0 Å². The molecule has 1 fully saturated rings. The SMILES string of the molecule is CCNCC1CCN(C(=O)c2ccccc2C)CC1. The van der Waals surface area contributed by atoms with Gasteiger partial charge in [-0.3, -0.25) is 4.79 Å². The van der Waals surface area contributed by atoms with Gasteiger partial charge in [-0.05, 0) is 50.4 Å². The number of carbonyl (C=O) groups is 1. The number of piperidine rings is 1. The summed E-state index contributed by atoms with van der Waals surface area (Å²) in [7, 11) is 0. The summed E-state index contributed by atoms with van der Waals surface area (Å²) in [6, 6.07) is 7.86. The maximum Gasteiger partial charge on any atom is 0.254 e. The Bertz CT molecular complexity index is 423. The lowest BCUT2D eigenvalue weighted by Gasteiger charge is -2.32. The van der Waals surface area contributed by atoms with Crippen LogP contribution >= 0.6 is 0 Å². The quantitative estimate of drug-likeness (QED) is 0.902. The summed E-state index contributed by atoms with van der Waals surface area (Å²) in [5.74, 6) is 0.917. The molecule has 0 saturated carbocycles. The van der Waals surface area contributed by atoms with E-state index in [1.807, 2.05) is 36.1 Å². The van der Waals surface area contributed by atoms with Gasteiger partial charge in [-0.1, -0.05) is 25.1 Å². The Kier molecular flexibility index (Phi) is 4.97. The van der Waals surface area contributed by atoms with Crippen molar-refractivity contribution >= 4 is 5.91 Å². The van der Waals surface area contributed by atoms with Gasteiger partial charge in [0.2, 0.25) is 0 Å².